The predicted molar refractivity (Wildman–Crippen MR) is 84.8 cm³/mol. The van der Waals surface area contributed by atoms with Crippen LogP contribution in [-0.2, 0) is 11.8 Å². The highest BCUT2D eigenvalue weighted by Gasteiger charge is 2.16. The largest absolute Gasteiger partial charge is 0.493 e. The summed E-state index contributed by atoms with van der Waals surface area (Å²) in [7, 11) is 2.62. The Hall–Kier alpha value is -3.47. The van der Waals surface area contributed by atoms with Gasteiger partial charge in [-0.3, -0.25) is 9.36 Å². The molecule has 1 N–H and O–H groups in total. The fraction of sp³-hybridized carbons (Fsp3) is 0.188. The standard InChI is InChI=1S/C16H14N4O4/c1-9-12(8-17)14(21)20(2)15(22)13(9)19-18-11-6-4-10(5-7-11)16(23)24-3/h4-7,21H,1-3H3. The van der Waals surface area contributed by atoms with Crippen LogP contribution in [0.2, 0.25) is 0 Å². The Bertz CT molecular complexity index is 921. The van der Waals surface area contributed by atoms with E-state index in [4.69, 9.17) is 5.26 Å². The maximum absolute atomic E-state index is 12.2. The lowest BCUT2D eigenvalue weighted by molar-refractivity contribution is 0.0601. The fourth-order valence-corrected chi connectivity index (χ4v) is 2.01. The van der Waals surface area contributed by atoms with Crippen LogP contribution in [-0.4, -0.2) is 22.8 Å². The number of carbonyl (C=O) groups is 1. The van der Waals surface area contributed by atoms with Gasteiger partial charge in [-0.25, -0.2) is 4.79 Å². The molecular formula is C16H14N4O4. The molecule has 0 amide bonds. The summed E-state index contributed by atoms with van der Waals surface area (Å²) < 4.78 is 5.53. The molecule has 1 aromatic carbocycles. The third kappa shape index (κ3) is 3.01. The quantitative estimate of drug-likeness (QED) is 0.687. The van der Waals surface area contributed by atoms with Crippen LogP contribution in [0.3, 0.4) is 0 Å². The topological polar surface area (TPSA) is 117 Å². The van der Waals surface area contributed by atoms with Crippen LogP contribution in [0.4, 0.5) is 11.4 Å². The van der Waals surface area contributed by atoms with Gasteiger partial charge in [0.2, 0.25) is 5.88 Å². The van der Waals surface area contributed by atoms with E-state index in [1.165, 1.54) is 33.2 Å². The zero-order valence-corrected chi connectivity index (χ0v) is 13.3. The van der Waals surface area contributed by atoms with Crippen LogP contribution in [0, 0.1) is 18.3 Å². The van der Waals surface area contributed by atoms with Crippen molar-refractivity contribution in [3.05, 3.63) is 51.3 Å². The van der Waals surface area contributed by atoms with Crippen LogP contribution in [0.15, 0.2) is 39.3 Å². The summed E-state index contributed by atoms with van der Waals surface area (Å²) in [5.41, 5.74) is 0.374. The van der Waals surface area contributed by atoms with E-state index >= 15 is 0 Å². The lowest BCUT2D eigenvalue weighted by Gasteiger charge is -2.08. The molecule has 0 spiro atoms. The van der Waals surface area contributed by atoms with Gasteiger partial charge in [0.1, 0.15) is 11.6 Å². The number of aromatic hydroxyl groups is 1. The van der Waals surface area contributed by atoms with Crippen LogP contribution in [0.25, 0.3) is 0 Å². The zero-order chi connectivity index (χ0) is 17.9. The van der Waals surface area contributed by atoms with Gasteiger partial charge in [0.15, 0.2) is 5.69 Å². The number of hydrogen-bond acceptors (Lipinski definition) is 7. The van der Waals surface area contributed by atoms with E-state index in [1.807, 2.05) is 6.07 Å². The molecule has 2 rings (SSSR count). The van der Waals surface area contributed by atoms with E-state index in [0.29, 0.717) is 11.3 Å². The summed E-state index contributed by atoms with van der Waals surface area (Å²) in [6.45, 7) is 1.51. The molecule has 8 nitrogen and oxygen atoms in total. The van der Waals surface area contributed by atoms with Crippen molar-refractivity contribution in [2.75, 3.05) is 7.11 Å². The summed E-state index contributed by atoms with van der Waals surface area (Å²) in [6.07, 6.45) is 0. The summed E-state index contributed by atoms with van der Waals surface area (Å²) in [5.74, 6) is -0.887. The molecule has 8 heteroatoms. The van der Waals surface area contributed by atoms with Crippen molar-refractivity contribution in [3.63, 3.8) is 0 Å². The first-order chi connectivity index (χ1) is 11.4. The zero-order valence-electron chi connectivity index (χ0n) is 13.3. The number of rotatable bonds is 3. The third-order valence-corrected chi connectivity index (χ3v) is 3.44. The number of nitrogens with zero attached hydrogens (tertiary/aromatic N) is 4. The molecule has 0 fully saturated rings. The molecule has 0 aliphatic carbocycles. The number of pyridine rings is 1. The Morgan fingerprint density at radius 1 is 1.29 bits per heavy atom. The van der Waals surface area contributed by atoms with Crippen molar-refractivity contribution >= 4 is 17.3 Å². The number of ether oxygens (including phenoxy) is 1. The number of azo groups is 1. The minimum atomic E-state index is -0.570. The number of nitriles is 1. The molecule has 0 saturated heterocycles. The SMILES string of the molecule is COC(=O)c1ccc(N=Nc2c(C)c(C#N)c(O)n(C)c2=O)cc1. The summed E-state index contributed by atoms with van der Waals surface area (Å²) in [6, 6.07) is 7.95. The molecule has 0 atom stereocenters. The molecule has 1 heterocycles. The Morgan fingerprint density at radius 2 is 1.92 bits per heavy atom. The van der Waals surface area contributed by atoms with Crippen molar-refractivity contribution in [2.24, 2.45) is 17.3 Å². The molecule has 122 valence electrons. The average Bonchev–Trinajstić information content (AvgIpc) is 2.60. The Labute approximate surface area is 137 Å². The monoisotopic (exact) mass is 326 g/mol. The third-order valence-electron chi connectivity index (χ3n) is 3.44. The fourth-order valence-electron chi connectivity index (χ4n) is 2.01. The minimum absolute atomic E-state index is 0.0351. The number of esters is 1. The molecule has 24 heavy (non-hydrogen) atoms. The summed E-state index contributed by atoms with van der Waals surface area (Å²) >= 11 is 0. The van der Waals surface area contributed by atoms with Gasteiger partial charge in [-0.15, -0.1) is 5.11 Å². The van der Waals surface area contributed by atoms with E-state index in [0.717, 1.165) is 4.57 Å². The highest BCUT2D eigenvalue weighted by atomic mass is 16.5. The summed E-state index contributed by atoms with van der Waals surface area (Å²) in [4.78, 5) is 23.5. The van der Waals surface area contributed by atoms with E-state index < -0.39 is 17.4 Å². The molecule has 1 aromatic heterocycles. The molecule has 0 bridgehead atoms. The molecule has 2 aromatic rings. The van der Waals surface area contributed by atoms with Gasteiger partial charge in [0, 0.05) is 12.6 Å². The van der Waals surface area contributed by atoms with Gasteiger partial charge in [-0.2, -0.15) is 10.4 Å². The van der Waals surface area contributed by atoms with Crippen LogP contribution in [0.1, 0.15) is 21.5 Å². The molecule has 0 aliphatic rings. The Balaban J connectivity index is 2.43. The molecule has 0 saturated carbocycles. The first kappa shape index (κ1) is 16.9. The second-order valence-electron chi connectivity index (χ2n) is 4.89. The number of benzene rings is 1. The number of methoxy groups -OCH3 is 1. The van der Waals surface area contributed by atoms with E-state index in [2.05, 4.69) is 15.0 Å². The Kier molecular flexibility index (Phi) is 4.75. The maximum atomic E-state index is 12.2. The van der Waals surface area contributed by atoms with Crippen molar-refractivity contribution < 1.29 is 14.6 Å². The minimum Gasteiger partial charge on any atom is -0.493 e. The van der Waals surface area contributed by atoms with Gasteiger partial charge in [-0.1, -0.05) is 0 Å². The van der Waals surface area contributed by atoms with E-state index in [-0.39, 0.29) is 16.8 Å². The van der Waals surface area contributed by atoms with Gasteiger partial charge in [-0.05, 0) is 31.2 Å². The molecule has 0 aliphatic heterocycles. The van der Waals surface area contributed by atoms with Gasteiger partial charge in [0.25, 0.3) is 5.56 Å². The van der Waals surface area contributed by atoms with E-state index in [1.54, 1.807) is 12.1 Å². The highest BCUT2D eigenvalue weighted by molar-refractivity contribution is 5.89. The van der Waals surface area contributed by atoms with Crippen LogP contribution in [0.5, 0.6) is 5.88 Å². The normalized spacial score (nSPS) is 10.6. The molecule has 0 unspecified atom stereocenters. The maximum Gasteiger partial charge on any atom is 0.337 e. The number of carbonyl (C=O) groups excluding carboxylic acids is 1. The lowest BCUT2D eigenvalue weighted by atomic mass is 10.1. The van der Waals surface area contributed by atoms with Crippen molar-refractivity contribution in [2.45, 2.75) is 6.92 Å². The molecule has 0 radical (unpaired) electrons. The van der Waals surface area contributed by atoms with Crippen LogP contribution < -0.4 is 5.56 Å². The first-order valence-corrected chi connectivity index (χ1v) is 6.83. The average molecular weight is 326 g/mol. The van der Waals surface area contributed by atoms with Gasteiger partial charge < -0.3 is 9.84 Å². The second kappa shape index (κ2) is 6.75. The van der Waals surface area contributed by atoms with E-state index in [9.17, 15) is 14.7 Å². The predicted octanol–water partition coefficient (Wildman–Crippen LogP) is 2.47. The number of hydrogen-bond donors (Lipinski definition) is 1. The second-order valence-corrected chi connectivity index (χ2v) is 4.89. The lowest BCUT2D eigenvalue weighted by Crippen LogP contribution is -2.18. The summed E-state index contributed by atoms with van der Waals surface area (Å²) in [5, 5.41) is 26.7. The molecular weight excluding hydrogens is 312 g/mol. The van der Waals surface area contributed by atoms with Gasteiger partial charge >= 0.3 is 5.97 Å². The van der Waals surface area contributed by atoms with Crippen molar-refractivity contribution in [3.8, 4) is 11.9 Å². The Morgan fingerprint density at radius 3 is 2.46 bits per heavy atom. The smallest absolute Gasteiger partial charge is 0.337 e. The number of aromatic nitrogens is 1. The van der Waals surface area contributed by atoms with Gasteiger partial charge in [0.05, 0.1) is 18.4 Å². The highest BCUT2D eigenvalue weighted by Crippen LogP contribution is 2.26. The van der Waals surface area contributed by atoms with Crippen molar-refractivity contribution in [1.29, 1.82) is 5.26 Å². The van der Waals surface area contributed by atoms with Crippen molar-refractivity contribution in [1.82, 2.24) is 4.57 Å². The van der Waals surface area contributed by atoms with Crippen LogP contribution >= 0.6 is 0 Å². The first-order valence-electron chi connectivity index (χ1n) is 6.83.